The van der Waals surface area contributed by atoms with Gasteiger partial charge >= 0.3 is 0 Å². The van der Waals surface area contributed by atoms with E-state index in [-0.39, 0.29) is 11.9 Å². The second kappa shape index (κ2) is 6.65. The molecule has 0 spiro atoms. The number of fused-ring (bicyclic) bond motifs is 1. The molecular weight excluding hydrogens is 244 g/mol. The largest absolute Gasteiger partial charge is 0.383 e. The van der Waals surface area contributed by atoms with Crippen molar-refractivity contribution in [3.63, 3.8) is 0 Å². The van der Waals surface area contributed by atoms with E-state index in [0.717, 1.165) is 13.1 Å². The SMILES string of the molecule is COCC(C(=O)NN)N1CC2CCCCN2CC1C. The summed E-state index contributed by atoms with van der Waals surface area (Å²) >= 11 is 0. The molecule has 2 heterocycles. The number of carbonyl (C=O) groups is 1. The minimum absolute atomic E-state index is 0.155. The molecule has 3 unspecified atom stereocenters. The molecule has 2 fully saturated rings. The Morgan fingerprint density at radius 1 is 1.47 bits per heavy atom. The molecule has 2 rings (SSSR count). The van der Waals surface area contributed by atoms with Crippen LogP contribution in [0.15, 0.2) is 0 Å². The number of nitrogens with two attached hydrogens (primary N) is 1. The van der Waals surface area contributed by atoms with Crippen LogP contribution in [0.4, 0.5) is 0 Å². The Morgan fingerprint density at radius 2 is 2.26 bits per heavy atom. The van der Waals surface area contributed by atoms with Crippen molar-refractivity contribution in [2.24, 2.45) is 5.84 Å². The first-order chi connectivity index (χ1) is 9.17. The number of rotatable bonds is 4. The number of nitrogens with one attached hydrogen (secondary N) is 1. The third-order valence-corrected chi connectivity index (χ3v) is 4.41. The Kier molecular flexibility index (Phi) is 5.15. The van der Waals surface area contributed by atoms with Crippen molar-refractivity contribution in [2.75, 3.05) is 33.4 Å². The van der Waals surface area contributed by atoms with E-state index in [4.69, 9.17) is 10.6 Å². The van der Waals surface area contributed by atoms with E-state index >= 15 is 0 Å². The van der Waals surface area contributed by atoms with E-state index in [1.165, 1.54) is 25.8 Å². The number of nitrogens with zero attached hydrogens (tertiary/aromatic N) is 2. The van der Waals surface area contributed by atoms with Gasteiger partial charge in [0, 0.05) is 32.3 Å². The zero-order valence-electron chi connectivity index (χ0n) is 12.0. The minimum atomic E-state index is -0.283. The second-order valence-corrected chi connectivity index (χ2v) is 5.67. The fourth-order valence-electron chi connectivity index (χ4n) is 3.39. The number of hydrogen-bond donors (Lipinski definition) is 2. The summed E-state index contributed by atoms with van der Waals surface area (Å²) in [5.74, 6) is 5.14. The highest BCUT2D eigenvalue weighted by Gasteiger charge is 2.38. The van der Waals surface area contributed by atoms with Gasteiger partial charge in [-0.2, -0.15) is 0 Å². The number of piperazine rings is 1. The van der Waals surface area contributed by atoms with Gasteiger partial charge in [-0.3, -0.25) is 20.0 Å². The molecule has 0 aromatic rings. The lowest BCUT2D eigenvalue weighted by Gasteiger charge is -2.49. The Labute approximate surface area is 115 Å². The number of methoxy groups -OCH3 is 1. The second-order valence-electron chi connectivity index (χ2n) is 5.67. The zero-order chi connectivity index (χ0) is 13.8. The number of piperidine rings is 1. The van der Waals surface area contributed by atoms with Crippen LogP contribution in [0, 0.1) is 0 Å². The Bertz CT molecular complexity index is 313. The van der Waals surface area contributed by atoms with Crippen LogP contribution in [-0.2, 0) is 9.53 Å². The van der Waals surface area contributed by atoms with Crippen LogP contribution in [0.3, 0.4) is 0 Å². The van der Waals surface area contributed by atoms with Crippen molar-refractivity contribution < 1.29 is 9.53 Å². The van der Waals surface area contributed by atoms with E-state index in [9.17, 15) is 4.79 Å². The van der Waals surface area contributed by atoms with Crippen molar-refractivity contribution in [3.8, 4) is 0 Å². The summed E-state index contributed by atoms with van der Waals surface area (Å²) in [5, 5.41) is 0. The lowest BCUT2D eigenvalue weighted by Crippen LogP contribution is -2.64. The van der Waals surface area contributed by atoms with Gasteiger partial charge in [-0.05, 0) is 26.3 Å². The standard InChI is InChI=1S/C13H26N4O2/c1-10-7-16-6-4-3-5-11(16)8-17(10)12(9-19-2)13(18)15-14/h10-12H,3-9,14H2,1-2H3,(H,15,18). The highest BCUT2D eigenvalue weighted by atomic mass is 16.5. The van der Waals surface area contributed by atoms with Crippen LogP contribution in [0.25, 0.3) is 0 Å². The van der Waals surface area contributed by atoms with E-state index in [0.29, 0.717) is 18.7 Å². The average molecular weight is 270 g/mol. The van der Waals surface area contributed by atoms with Crippen molar-refractivity contribution in [1.29, 1.82) is 0 Å². The molecule has 1 amide bonds. The summed E-state index contributed by atoms with van der Waals surface area (Å²) in [6, 6.07) is 0.649. The maximum Gasteiger partial charge on any atom is 0.253 e. The number of ether oxygens (including phenoxy) is 1. The van der Waals surface area contributed by atoms with Crippen LogP contribution in [-0.4, -0.2) is 67.2 Å². The molecule has 6 heteroatoms. The maximum atomic E-state index is 11.9. The predicted molar refractivity (Wildman–Crippen MR) is 73.4 cm³/mol. The third kappa shape index (κ3) is 3.25. The average Bonchev–Trinajstić information content (AvgIpc) is 2.43. The molecule has 2 aliphatic rings. The minimum Gasteiger partial charge on any atom is -0.383 e. The smallest absolute Gasteiger partial charge is 0.253 e. The zero-order valence-corrected chi connectivity index (χ0v) is 12.0. The fourth-order valence-corrected chi connectivity index (χ4v) is 3.39. The number of carbonyl (C=O) groups excluding carboxylic acids is 1. The monoisotopic (exact) mass is 270 g/mol. The van der Waals surface area contributed by atoms with Crippen LogP contribution < -0.4 is 11.3 Å². The number of hydrazine groups is 1. The molecule has 0 radical (unpaired) electrons. The molecule has 19 heavy (non-hydrogen) atoms. The van der Waals surface area contributed by atoms with Gasteiger partial charge in [-0.1, -0.05) is 6.42 Å². The number of hydrogen-bond acceptors (Lipinski definition) is 5. The van der Waals surface area contributed by atoms with E-state index < -0.39 is 0 Å². The summed E-state index contributed by atoms with van der Waals surface area (Å²) < 4.78 is 5.19. The molecule has 0 bridgehead atoms. The molecular formula is C13H26N4O2. The predicted octanol–water partition coefficient (Wildman–Crippen LogP) is -0.450. The first-order valence-electron chi connectivity index (χ1n) is 7.16. The molecule has 0 aliphatic carbocycles. The van der Waals surface area contributed by atoms with Gasteiger partial charge in [0.25, 0.3) is 5.91 Å². The van der Waals surface area contributed by atoms with Crippen molar-refractivity contribution in [3.05, 3.63) is 0 Å². The molecule has 3 N–H and O–H groups in total. The summed E-state index contributed by atoms with van der Waals surface area (Å²) in [7, 11) is 1.62. The maximum absolute atomic E-state index is 11.9. The first kappa shape index (κ1) is 14.7. The molecule has 2 saturated heterocycles. The van der Waals surface area contributed by atoms with Crippen molar-refractivity contribution in [1.82, 2.24) is 15.2 Å². The summed E-state index contributed by atoms with van der Waals surface area (Å²) in [6.07, 6.45) is 3.82. The first-order valence-corrected chi connectivity index (χ1v) is 7.16. The van der Waals surface area contributed by atoms with Gasteiger partial charge in [-0.15, -0.1) is 0 Å². The quantitative estimate of drug-likeness (QED) is 0.411. The Balaban J connectivity index is 2.06. The molecule has 0 aromatic carbocycles. The Hall–Kier alpha value is -0.690. The van der Waals surface area contributed by atoms with E-state index in [1.54, 1.807) is 7.11 Å². The highest BCUT2D eigenvalue weighted by molar-refractivity contribution is 5.81. The van der Waals surface area contributed by atoms with E-state index in [1.807, 2.05) is 0 Å². The lowest BCUT2D eigenvalue weighted by atomic mass is 9.96. The molecule has 6 nitrogen and oxygen atoms in total. The van der Waals surface area contributed by atoms with Gasteiger partial charge in [0.05, 0.1) is 6.61 Å². The van der Waals surface area contributed by atoms with Gasteiger partial charge < -0.3 is 4.74 Å². The third-order valence-electron chi connectivity index (χ3n) is 4.41. The van der Waals surface area contributed by atoms with Crippen LogP contribution in [0.2, 0.25) is 0 Å². The van der Waals surface area contributed by atoms with Gasteiger partial charge in [0.15, 0.2) is 0 Å². The number of amides is 1. The topological polar surface area (TPSA) is 70.8 Å². The normalized spacial score (nSPS) is 30.7. The van der Waals surface area contributed by atoms with Crippen LogP contribution in [0.5, 0.6) is 0 Å². The van der Waals surface area contributed by atoms with Crippen molar-refractivity contribution in [2.45, 2.75) is 44.3 Å². The molecule has 3 atom stereocenters. The van der Waals surface area contributed by atoms with Crippen LogP contribution >= 0.6 is 0 Å². The van der Waals surface area contributed by atoms with Gasteiger partial charge in [-0.25, -0.2) is 5.84 Å². The molecule has 0 aromatic heterocycles. The summed E-state index contributed by atoms with van der Waals surface area (Å²) in [5.41, 5.74) is 2.27. The van der Waals surface area contributed by atoms with Crippen molar-refractivity contribution >= 4 is 5.91 Å². The molecule has 0 saturated carbocycles. The van der Waals surface area contributed by atoms with Gasteiger partial charge in [0.2, 0.25) is 0 Å². The molecule has 2 aliphatic heterocycles. The molecule has 110 valence electrons. The van der Waals surface area contributed by atoms with E-state index in [2.05, 4.69) is 22.1 Å². The van der Waals surface area contributed by atoms with Gasteiger partial charge in [0.1, 0.15) is 6.04 Å². The highest BCUT2D eigenvalue weighted by Crippen LogP contribution is 2.25. The lowest BCUT2D eigenvalue weighted by molar-refractivity contribution is -0.132. The fraction of sp³-hybridized carbons (Fsp3) is 0.923. The Morgan fingerprint density at radius 3 is 2.95 bits per heavy atom. The van der Waals surface area contributed by atoms with Crippen LogP contribution in [0.1, 0.15) is 26.2 Å². The summed E-state index contributed by atoms with van der Waals surface area (Å²) in [4.78, 5) is 16.7. The summed E-state index contributed by atoms with van der Waals surface area (Å²) in [6.45, 7) is 5.73.